The van der Waals surface area contributed by atoms with Crippen LogP contribution in [-0.4, -0.2) is 27.0 Å². The molecule has 1 aliphatic rings. The van der Waals surface area contributed by atoms with Crippen LogP contribution in [0.1, 0.15) is 17.0 Å². The summed E-state index contributed by atoms with van der Waals surface area (Å²) >= 11 is 6.02. The molecule has 0 amide bonds. The maximum absolute atomic E-state index is 11.7. The third-order valence-corrected chi connectivity index (χ3v) is 4.59. The topological polar surface area (TPSA) is 66.3 Å². The number of benzene rings is 2. The summed E-state index contributed by atoms with van der Waals surface area (Å²) in [5.74, 6) is 0.573. The quantitative estimate of drug-likeness (QED) is 0.787. The van der Waals surface area contributed by atoms with Crippen LogP contribution in [0.25, 0.3) is 0 Å². The number of rotatable bonds is 3. The Labute approximate surface area is 149 Å². The average Bonchev–Trinajstić information content (AvgIpc) is 3.21. The van der Waals surface area contributed by atoms with Crippen LogP contribution in [0.15, 0.2) is 64.5 Å². The molecule has 7 heteroatoms. The molecule has 25 heavy (non-hydrogen) atoms. The summed E-state index contributed by atoms with van der Waals surface area (Å²) in [4.78, 5) is 11.7. The average molecular weight is 354 g/mol. The number of hydrogen-bond acceptors (Lipinski definition) is 4. The number of aromatic amines is 1. The third-order valence-electron chi connectivity index (χ3n) is 4.34. The van der Waals surface area contributed by atoms with E-state index < -0.39 is 0 Å². The van der Waals surface area contributed by atoms with Gasteiger partial charge in [-0.2, -0.15) is 5.10 Å². The summed E-state index contributed by atoms with van der Waals surface area (Å²) in [6, 6.07) is 17.8. The maximum Gasteiger partial charge on any atom is 0.344 e. The molecule has 0 saturated carbocycles. The molecular formula is C18H16ClN5O. The molecular weight excluding hydrogens is 338 g/mol. The van der Waals surface area contributed by atoms with Gasteiger partial charge in [-0.25, -0.2) is 14.9 Å². The minimum Gasteiger partial charge on any atom is -0.263 e. The molecule has 0 spiro atoms. The highest BCUT2D eigenvalue weighted by atomic mass is 35.5. The molecule has 4 rings (SSSR count). The third kappa shape index (κ3) is 2.85. The summed E-state index contributed by atoms with van der Waals surface area (Å²) in [7, 11) is 1.68. The lowest BCUT2D eigenvalue weighted by atomic mass is 9.91. The second-order valence-electron chi connectivity index (χ2n) is 5.93. The van der Waals surface area contributed by atoms with E-state index in [0.717, 1.165) is 11.3 Å². The summed E-state index contributed by atoms with van der Waals surface area (Å²) in [5, 5.41) is 13.8. The molecule has 1 N–H and O–H groups in total. The van der Waals surface area contributed by atoms with Crippen molar-refractivity contribution in [3.63, 3.8) is 0 Å². The number of hydrazone groups is 1. The van der Waals surface area contributed by atoms with E-state index in [1.807, 2.05) is 42.5 Å². The zero-order valence-corrected chi connectivity index (χ0v) is 14.3. The molecule has 0 unspecified atom stereocenters. The minimum atomic E-state index is -0.263. The highest BCUT2D eigenvalue weighted by Gasteiger charge is 2.31. The summed E-state index contributed by atoms with van der Waals surface area (Å²) < 4.78 is 1.45. The van der Waals surface area contributed by atoms with Crippen molar-refractivity contribution in [2.24, 2.45) is 12.1 Å². The van der Waals surface area contributed by atoms with E-state index in [-0.39, 0.29) is 11.6 Å². The molecule has 0 radical (unpaired) electrons. The highest BCUT2D eigenvalue weighted by molar-refractivity contribution is 6.30. The van der Waals surface area contributed by atoms with E-state index in [4.69, 9.17) is 16.7 Å². The number of halogens is 1. The molecule has 0 fully saturated rings. The molecule has 1 atom stereocenters. The Morgan fingerprint density at radius 3 is 2.48 bits per heavy atom. The predicted molar refractivity (Wildman–Crippen MR) is 98.3 cm³/mol. The van der Waals surface area contributed by atoms with Crippen molar-refractivity contribution >= 4 is 23.3 Å². The Morgan fingerprint density at radius 2 is 1.84 bits per heavy atom. The van der Waals surface area contributed by atoms with Gasteiger partial charge in [0.1, 0.15) is 0 Å². The van der Waals surface area contributed by atoms with Gasteiger partial charge in [0.25, 0.3) is 0 Å². The monoisotopic (exact) mass is 353 g/mol. The van der Waals surface area contributed by atoms with Gasteiger partial charge in [0.05, 0.1) is 12.3 Å². The van der Waals surface area contributed by atoms with Gasteiger partial charge in [-0.3, -0.25) is 4.57 Å². The molecule has 1 aromatic heterocycles. The Balaban J connectivity index is 1.79. The fourth-order valence-corrected chi connectivity index (χ4v) is 3.15. The van der Waals surface area contributed by atoms with Crippen molar-refractivity contribution in [1.29, 1.82) is 0 Å². The van der Waals surface area contributed by atoms with Crippen molar-refractivity contribution in [3.8, 4) is 0 Å². The van der Waals surface area contributed by atoms with Crippen LogP contribution in [0.3, 0.4) is 0 Å². The van der Waals surface area contributed by atoms with Crippen molar-refractivity contribution in [3.05, 3.63) is 81.2 Å². The van der Waals surface area contributed by atoms with E-state index in [1.165, 1.54) is 10.1 Å². The first-order chi connectivity index (χ1) is 12.1. The van der Waals surface area contributed by atoms with Gasteiger partial charge in [0.2, 0.25) is 5.95 Å². The van der Waals surface area contributed by atoms with Crippen LogP contribution in [0.2, 0.25) is 5.02 Å². The Hall–Kier alpha value is -2.86. The molecule has 1 aliphatic heterocycles. The molecule has 2 aromatic carbocycles. The van der Waals surface area contributed by atoms with Gasteiger partial charge < -0.3 is 0 Å². The minimum absolute atomic E-state index is 0.0779. The zero-order chi connectivity index (χ0) is 17.4. The van der Waals surface area contributed by atoms with Crippen LogP contribution in [-0.2, 0) is 7.05 Å². The largest absolute Gasteiger partial charge is 0.344 e. The number of anilines is 1. The highest BCUT2D eigenvalue weighted by Crippen LogP contribution is 2.30. The molecule has 126 valence electrons. The first kappa shape index (κ1) is 15.7. The van der Waals surface area contributed by atoms with Gasteiger partial charge in [-0.05, 0) is 23.3 Å². The SMILES string of the molecule is Cn1c(N2C[C@@H](c3ccccc3)C(c3ccc(Cl)cc3)=N2)n[nH]c1=O. The first-order valence-electron chi connectivity index (χ1n) is 7.92. The smallest absolute Gasteiger partial charge is 0.263 e. The Morgan fingerprint density at radius 1 is 1.12 bits per heavy atom. The van der Waals surface area contributed by atoms with Crippen LogP contribution < -0.4 is 10.7 Å². The molecule has 0 aliphatic carbocycles. The number of nitrogens with zero attached hydrogens (tertiary/aromatic N) is 4. The number of nitrogens with one attached hydrogen (secondary N) is 1. The van der Waals surface area contributed by atoms with Gasteiger partial charge in [0, 0.05) is 18.0 Å². The zero-order valence-electron chi connectivity index (χ0n) is 13.6. The Bertz CT molecular complexity index is 975. The van der Waals surface area contributed by atoms with Crippen molar-refractivity contribution in [1.82, 2.24) is 14.8 Å². The molecule has 0 saturated heterocycles. The lowest BCUT2D eigenvalue weighted by Gasteiger charge is -2.15. The van der Waals surface area contributed by atoms with Crippen LogP contribution >= 0.6 is 11.6 Å². The standard InChI is InChI=1S/C18H16ClN5O/c1-23-17(20-21-18(23)25)24-11-15(12-5-3-2-4-6-12)16(22-24)13-7-9-14(19)10-8-13/h2-10,15H,11H2,1H3,(H,21,25)/t15-/m0/s1. The summed E-state index contributed by atoms with van der Waals surface area (Å²) in [6.45, 7) is 0.611. The molecule has 3 aromatic rings. The van der Waals surface area contributed by atoms with E-state index in [2.05, 4.69) is 22.3 Å². The van der Waals surface area contributed by atoms with Crippen LogP contribution in [0.4, 0.5) is 5.95 Å². The number of H-pyrrole nitrogens is 1. The predicted octanol–water partition coefficient (Wildman–Crippen LogP) is 2.77. The van der Waals surface area contributed by atoms with E-state index in [0.29, 0.717) is 17.5 Å². The summed E-state index contributed by atoms with van der Waals surface area (Å²) in [5.41, 5.74) is 2.83. The van der Waals surface area contributed by atoms with E-state index in [9.17, 15) is 4.79 Å². The van der Waals surface area contributed by atoms with Gasteiger partial charge >= 0.3 is 5.69 Å². The lowest BCUT2D eigenvalue weighted by Crippen LogP contribution is -2.23. The van der Waals surface area contributed by atoms with Gasteiger partial charge in [0.15, 0.2) is 0 Å². The van der Waals surface area contributed by atoms with E-state index >= 15 is 0 Å². The molecule has 2 heterocycles. The van der Waals surface area contributed by atoms with E-state index in [1.54, 1.807) is 12.1 Å². The molecule has 6 nitrogen and oxygen atoms in total. The normalized spacial score (nSPS) is 17.0. The number of hydrogen-bond donors (Lipinski definition) is 1. The molecule has 0 bridgehead atoms. The fourth-order valence-electron chi connectivity index (χ4n) is 3.02. The van der Waals surface area contributed by atoms with Gasteiger partial charge in [-0.15, -0.1) is 5.10 Å². The second kappa shape index (κ2) is 6.22. The van der Waals surface area contributed by atoms with Crippen molar-refractivity contribution in [2.75, 3.05) is 11.6 Å². The summed E-state index contributed by atoms with van der Waals surface area (Å²) in [6.07, 6.45) is 0. The van der Waals surface area contributed by atoms with Crippen LogP contribution in [0.5, 0.6) is 0 Å². The van der Waals surface area contributed by atoms with Crippen molar-refractivity contribution < 1.29 is 0 Å². The maximum atomic E-state index is 11.7. The Kier molecular flexibility index (Phi) is 3.89. The lowest BCUT2D eigenvalue weighted by molar-refractivity contribution is 0.766. The van der Waals surface area contributed by atoms with Crippen molar-refractivity contribution in [2.45, 2.75) is 5.92 Å². The number of aromatic nitrogens is 3. The second-order valence-corrected chi connectivity index (χ2v) is 6.36. The fraction of sp³-hybridized carbons (Fsp3) is 0.167. The van der Waals surface area contributed by atoms with Crippen LogP contribution in [0, 0.1) is 0 Å². The van der Waals surface area contributed by atoms with Gasteiger partial charge in [-0.1, -0.05) is 54.1 Å². The first-order valence-corrected chi connectivity index (χ1v) is 8.29.